The molecule has 3 aromatic rings. The SMILES string of the molecule is O[C@@H](Cc1nc2ccccc2o1)c1ccc(C(F)(F)F)cc1. The molecule has 0 fully saturated rings. The van der Waals surface area contributed by atoms with Crippen LogP contribution in [0, 0.1) is 0 Å². The van der Waals surface area contributed by atoms with Crippen molar-refractivity contribution in [1.29, 1.82) is 0 Å². The van der Waals surface area contributed by atoms with Crippen LogP contribution in [0.5, 0.6) is 0 Å². The minimum absolute atomic E-state index is 0.0973. The molecule has 0 aliphatic rings. The van der Waals surface area contributed by atoms with Crippen LogP contribution in [0.15, 0.2) is 52.9 Å². The van der Waals surface area contributed by atoms with Crippen LogP contribution < -0.4 is 0 Å². The van der Waals surface area contributed by atoms with Crippen molar-refractivity contribution >= 4 is 11.1 Å². The summed E-state index contributed by atoms with van der Waals surface area (Å²) in [6.45, 7) is 0. The average molecular weight is 307 g/mol. The van der Waals surface area contributed by atoms with E-state index in [-0.39, 0.29) is 6.42 Å². The van der Waals surface area contributed by atoms with Crippen LogP contribution >= 0.6 is 0 Å². The molecule has 0 amide bonds. The van der Waals surface area contributed by atoms with Gasteiger partial charge in [-0.1, -0.05) is 24.3 Å². The Morgan fingerprint density at radius 3 is 2.36 bits per heavy atom. The molecule has 114 valence electrons. The second-order valence-electron chi connectivity index (χ2n) is 4.92. The van der Waals surface area contributed by atoms with Gasteiger partial charge in [0.2, 0.25) is 0 Å². The normalized spacial score (nSPS) is 13.5. The summed E-state index contributed by atoms with van der Waals surface area (Å²) in [5, 5.41) is 10.1. The summed E-state index contributed by atoms with van der Waals surface area (Å²) >= 11 is 0. The maximum Gasteiger partial charge on any atom is 0.416 e. The van der Waals surface area contributed by atoms with E-state index in [0.29, 0.717) is 22.6 Å². The Balaban J connectivity index is 1.77. The third kappa shape index (κ3) is 2.96. The molecule has 1 atom stereocenters. The van der Waals surface area contributed by atoms with Gasteiger partial charge in [-0.15, -0.1) is 0 Å². The summed E-state index contributed by atoms with van der Waals surface area (Å²) in [4.78, 5) is 4.23. The fourth-order valence-corrected chi connectivity index (χ4v) is 2.18. The summed E-state index contributed by atoms with van der Waals surface area (Å²) in [5.74, 6) is 0.341. The average Bonchev–Trinajstić information content (AvgIpc) is 2.88. The molecule has 0 bridgehead atoms. The van der Waals surface area contributed by atoms with Crippen LogP contribution in [-0.4, -0.2) is 10.1 Å². The van der Waals surface area contributed by atoms with Gasteiger partial charge < -0.3 is 9.52 Å². The zero-order valence-corrected chi connectivity index (χ0v) is 11.3. The number of aliphatic hydroxyl groups is 1. The predicted molar refractivity (Wildman–Crippen MR) is 74.1 cm³/mol. The minimum atomic E-state index is -4.39. The lowest BCUT2D eigenvalue weighted by atomic mass is 10.0. The predicted octanol–water partition coefficient (Wildman–Crippen LogP) is 4.12. The molecule has 0 saturated heterocycles. The number of oxazole rings is 1. The van der Waals surface area contributed by atoms with Crippen molar-refractivity contribution in [1.82, 2.24) is 4.98 Å². The number of benzene rings is 2. The number of para-hydroxylation sites is 2. The molecule has 22 heavy (non-hydrogen) atoms. The lowest BCUT2D eigenvalue weighted by molar-refractivity contribution is -0.137. The van der Waals surface area contributed by atoms with Crippen molar-refractivity contribution in [3.05, 3.63) is 65.5 Å². The Morgan fingerprint density at radius 1 is 1.05 bits per heavy atom. The highest BCUT2D eigenvalue weighted by Crippen LogP contribution is 2.30. The number of fused-ring (bicyclic) bond motifs is 1. The number of nitrogens with zero attached hydrogens (tertiary/aromatic N) is 1. The van der Waals surface area contributed by atoms with Crippen molar-refractivity contribution in [3.8, 4) is 0 Å². The highest BCUT2D eigenvalue weighted by atomic mass is 19.4. The first-order valence-electron chi connectivity index (χ1n) is 6.63. The van der Waals surface area contributed by atoms with E-state index in [1.807, 2.05) is 12.1 Å². The van der Waals surface area contributed by atoms with E-state index in [0.717, 1.165) is 12.1 Å². The second kappa shape index (κ2) is 5.46. The van der Waals surface area contributed by atoms with Crippen molar-refractivity contribution < 1.29 is 22.7 Å². The molecule has 0 unspecified atom stereocenters. The highest BCUT2D eigenvalue weighted by molar-refractivity contribution is 5.72. The minimum Gasteiger partial charge on any atom is -0.441 e. The highest BCUT2D eigenvalue weighted by Gasteiger charge is 2.30. The first-order chi connectivity index (χ1) is 10.4. The molecule has 3 nitrogen and oxygen atoms in total. The van der Waals surface area contributed by atoms with Crippen LogP contribution in [0.3, 0.4) is 0 Å². The molecule has 0 spiro atoms. The largest absolute Gasteiger partial charge is 0.441 e. The number of halogens is 3. The lowest BCUT2D eigenvalue weighted by Crippen LogP contribution is -2.06. The molecule has 0 radical (unpaired) electrons. The molecule has 3 rings (SSSR count). The van der Waals surface area contributed by atoms with Crippen molar-refractivity contribution in [2.24, 2.45) is 0 Å². The topological polar surface area (TPSA) is 46.3 Å². The molecule has 6 heteroatoms. The van der Waals surface area contributed by atoms with E-state index in [1.165, 1.54) is 12.1 Å². The molecule has 0 saturated carbocycles. The fraction of sp³-hybridized carbons (Fsp3) is 0.188. The number of hydrogen-bond donors (Lipinski definition) is 1. The number of alkyl halides is 3. The van der Waals surface area contributed by atoms with Gasteiger partial charge in [-0.3, -0.25) is 0 Å². The van der Waals surface area contributed by atoms with Gasteiger partial charge in [-0.05, 0) is 29.8 Å². The van der Waals surface area contributed by atoms with Gasteiger partial charge in [0.25, 0.3) is 0 Å². The monoisotopic (exact) mass is 307 g/mol. The van der Waals surface area contributed by atoms with Crippen LogP contribution in [0.25, 0.3) is 11.1 Å². The first-order valence-corrected chi connectivity index (χ1v) is 6.63. The van der Waals surface area contributed by atoms with Gasteiger partial charge in [0, 0.05) is 0 Å². The van der Waals surface area contributed by atoms with Gasteiger partial charge in [-0.2, -0.15) is 13.2 Å². The van der Waals surface area contributed by atoms with E-state index in [4.69, 9.17) is 4.42 Å². The summed E-state index contributed by atoms with van der Waals surface area (Å²) in [7, 11) is 0. The second-order valence-corrected chi connectivity index (χ2v) is 4.92. The number of rotatable bonds is 3. The summed E-state index contributed by atoms with van der Waals surface area (Å²) in [6.07, 6.45) is -5.26. The van der Waals surface area contributed by atoms with Crippen molar-refractivity contribution in [2.45, 2.75) is 18.7 Å². The number of aliphatic hydroxyl groups excluding tert-OH is 1. The fourth-order valence-electron chi connectivity index (χ4n) is 2.18. The van der Waals surface area contributed by atoms with Crippen LogP contribution in [0.2, 0.25) is 0 Å². The van der Waals surface area contributed by atoms with Crippen LogP contribution in [0.4, 0.5) is 13.2 Å². The molecule has 0 aliphatic heterocycles. The third-order valence-corrected chi connectivity index (χ3v) is 3.33. The Labute approximate surface area is 124 Å². The molecule has 1 heterocycles. The zero-order chi connectivity index (χ0) is 15.7. The quantitative estimate of drug-likeness (QED) is 0.791. The van der Waals surface area contributed by atoms with Gasteiger partial charge >= 0.3 is 6.18 Å². The molecular weight excluding hydrogens is 295 g/mol. The van der Waals surface area contributed by atoms with Gasteiger partial charge in [0.1, 0.15) is 5.52 Å². The van der Waals surface area contributed by atoms with Gasteiger partial charge in [-0.25, -0.2) is 4.98 Å². The third-order valence-electron chi connectivity index (χ3n) is 3.33. The van der Waals surface area contributed by atoms with Gasteiger partial charge in [0.15, 0.2) is 11.5 Å². The smallest absolute Gasteiger partial charge is 0.416 e. The Morgan fingerprint density at radius 2 is 1.73 bits per heavy atom. The van der Waals surface area contributed by atoms with E-state index in [2.05, 4.69) is 4.98 Å². The first kappa shape index (κ1) is 14.6. The molecule has 2 aromatic carbocycles. The molecule has 1 aromatic heterocycles. The van der Waals surface area contributed by atoms with Crippen LogP contribution in [-0.2, 0) is 12.6 Å². The summed E-state index contributed by atoms with van der Waals surface area (Å²) < 4.78 is 43.0. The number of hydrogen-bond acceptors (Lipinski definition) is 3. The van der Waals surface area contributed by atoms with Crippen molar-refractivity contribution in [3.63, 3.8) is 0 Å². The maximum atomic E-state index is 12.5. The standard InChI is InChI=1S/C16H12F3NO2/c17-16(18,19)11-7-5-10(6-8-11)13(21)9-15-20-12-3-1-2-4-14(12)22-15/h1-8,13,21H,9H2/t13-/m0/s1. The van der Waals surface area contributed by atoms with Crippen LogP contribution in [0.1, 0.15) is 23.1 Å². The lowest BCUT2D eigenvalue weighted by Gasteiger charge is -2.11. The van der Waals surface area contributed by atoms with Crippen molar-refractivity contribution in [2.75, 3.05) is 0 Å². The zero-order valence-electron chi connectivity index (χ0n) is 11.3. The molecular formula is C16H12F3NO2. The Kier molecular flexibility index (Phi) is 3.62. The van der Waals surface area contributed by atoms with E-state index < -0.39 is 17.8 Å². The number of aromatic nitrogens is 1. The Hall–Kier alpha value is -2.34. The van der Waals surface area contributed by atoms with E-state index >= 15 is 0 Å². The van der Waals surface area contributed by atoms with Gasteiger partial charge in [0.05, 0.1) is 18.1 Å². The van der Waals surface area contributed by atoms with E-state index in [9.17, 15) is 18.3 Å². The Bertz CT molecular complexity index is 745. The molecule has 0 aliphatic carbocycles. The molecule has 1 N–H and O–H groups in total. The van der Waals surface area contributed by atoms with E-state index in [1.54, 1.807) is 12.1 Å². The summed E-state index contributed by atoms with van der Waals surface area (Å²) in [5.41, 5.74) is 0.926. The summed E-state index contributed by atoms with van der Waals surface area (Å²) in [6, 6.07) is 11.6. The maximum absolute atomic E-state index is 12.5.